The lowest BCUT2D eigenvalue weighted by Gasteiger charge is -2.12. The van der Waals surface area contributed by atoms with Crippen molar-refractivity contribution in [1.82, 2.24) is 0 Å². The molecule has 0 aliphatic carbocycles. The predicted molar refractivity (Wildman–Crippen MR) is 93.7 cm³/mol. The van der Waals surface area contributed by atoms with Crippen molar-refractivity contribution in [3.63, 3.8) is 0 Å². The molecule has 0 bridgehead atoms. The number of ether oxygens (including phenoxy) is 1. The Bertz CT molecular complexity index is 782. The van der Waals surface area contributed by atoms with Crippen molar-refractivity contribution < 1.29 is 19.4 Å². The van der Waals surface area contributed by atoms with Crippen molar-refractivity contribution in [2.24, 2.45) is 0 Å². The van der Waals surface area contributed by atoms with Crippen molar-refractivity contribution in [2.45, 2.75) is 13.8 Å². The smallest absolute Gasteiger partial charge is 0.335 e. The summed E-state index contributed by atoms with van der Waals surface area (Å²) in [6, 6.07) is 7.37. The summed E-state index contributed by atoms with van der Waals surface area (Å²) >= 11 is 12.2. The maximum atomic E-state index is 12.4. The highest BCUT2D eigenvalue weighted by Crippen LogP contribution is 2.34. The van der Waals surface area contributed by atoms with E-state index in [1.165, 1.54) is 30.3 Å². The van der Waals surface area contributed by atoms with Gasteiger partial charge < -0.3 is 15.2 Å². The zero-order valence-corrected chi connectivity index (χ0v) is 14.5. The number of halogens is 2. The predicted octanol–water partition coefficient (Wildman–Crippen LogP) is 4.65. The molecule has 0 unspecified atom stereocenters. The van der Waals surface area contributed by atoms with E-state index in [0.29, 0.717) is 23.6 Å². The second-order valence-electron chi connectivity index (χ2n) is 4.99. The van der Waals surface area contributed by atoms with Crippen LogP contribution in [0.1, 0.15) is 33.2 Å². The van der Waals surface area contributed by atoms with Gasteiger partial charge in [-0.15, -0.1) is 0 Å². The SMILES string of the molecule is CCOc1c(Cl)cc(C(=O)Nc2ccc(C(=O)O)cc2C)cc1Cl. The Morgan fingerprint density at radius 3 is 2.25 bits per heavy atom. The van der Waals surface area contributed by atoms with Crippen LogP contribution in [-0.4, -0.2) is 23.6 Å². The van der Waals surface area contributed by atoms with Gasteiger partial charge in [-0.1, -0.05) is 23.2 Å². The molecule has 0 atom stereocenters. The number of hydrogen-bond donors (Lipinski definition) is 2. The number of nitrogens with one attached hydrogen (secondary N) is 1. The average Bonchev–Trinajstić information content (AvgIpc) is 2.52. The van der Waals surface area contributed by atoms with Crippen molar-refractivity contribution in [3.05, 3.63) is 57.1 Å². The van der Waals surface area contributed by atoms with E-state index in [4.69, 9.17) is 33.0 Å². The van der Waals surface area contributed by atoms with Gasteiger partial charge >= 0.3 is 5.97 Å². The van der Waals surface area contributed by atoms with Gasteiger partial charge in [0, 0.05) is 11.3 Å². The van der Waals surface area contributed by atoms with E-state index >= 15 is 0 Å². The summed E-state index contributed by atoms with van der Waals surface area (Å²) in [5.74, 6) is -1.10. The van der Waals surface area contributed by atoms with Gasteiger partial charge in [0.05, 0.1) is 22.2 Å². The minimum Gasteiger partial charge on any atom is -0.491 e. The molecular weight excluding hydrogens is 353 g/mol. The van der Waals surface area contributed by atoms with Crippen LogP contribution in [0.4, 0.5) is 5.69 Å². The lowest BCUT2D eigenvalue weighted by molar-refractivity contribution is 0.0696. The molecule has 2 rings (SSSR count). The quantitative estimate of drug-likeness (QED) is 0.806. The molecule has 1 amide bonds. The number of rotatable bonds is 5. The number of aromatic carboxylic acids is 1. The number of anilines is 1. The van der Waals surface area contributed by atoms with E-state index in [-0.39, 0.29) is 21.2 Å². The first-order chi connectivity index (χ1) is 11.3. The van der Waals surface area contributed by atoms with E-state index in [0.717, 1.165) is 0 Å². The standard InChI is InChI=1S/C17H15Cl2NO4/c1-3-24-15-12(18)7-11(8-13(15)19)16(21)20-14-5-4-10(17(22)23)6-9(14)2/h4-8H,3H2,1-2H3,(H,20,21)(H,22,23). The molecule has 5 nitrogen and oxygen atoms in total. The third-order valence-corrected chi connectivity index (χ3v) is 3.83. The van der Waals surface area contributed by atoms with E-state index in [1.54, 1.807) is 13.8 Å². The van der Waals surface area contributed by atoms with Gasteiger partial charge in [-0.2, -0.15) is 0 Å². The zero-order chi connectivity index (χ0) is 17.9. The Kier molecular flexibility index (Phi) is 5.70. The van der Waals surface area contributed by atoms with E-state index in [1.807, 2.05) is 0 Å². The first-order valence-electron chi connectivity index (χ1n) is 7.10. The average molecular weight is 368 g/mol. The fraction of sp³-hybridized carbons (Fsp3) is 0.176. The highest BCUT2D eigenvalue weighted by molar-refractivity contribution is 6.37. The summed E-state index contributed by atoms with van der Waals surface area (Å²) in [5.41, 5.74) is 1.56. The highest BCUT2D eigenvalue weighted by atomic mass is 35.5. The maximum Gasteiger partial charge on any atom is 0.335 e. The van der Waals surface area contributed by atoms with Gasteiger partial charge in [0.15, 0.2) is 5.75 Å². The molecule has 2 N–H and O–H groups in total. The zero-order valence-electron chi connectivity index (χ0n) is 13.0. The molecule has 0 radical (unpaired) electrons. The molecule has 0 aliphatic rings. The third kappa shape index (κ3) is 3.99. The molecule has 7 heteroatoms. The number of carboxylic acid groups (broad SMARTS) is 1. The van der Waals surface area contributed by atoms with Crippen molar-refractivity contribution >= 4 is 40.8 Å². The van der Waals surface area contributed by atoms with Gasteiger partial charge in [-0.05, 0) is 49.7 Å². The van der Waals surface area contributed by atoms with Crippen molar-refractivity contribution in [3.8, 4) is 5.75 Å². The van der Waals surface area contributed by atoms with E-state index < -0.39 is 11.9 Å². The summed E-state index contributed by atoms with van der Waals surface area (Å²) < 4.78 is 5.32. The molecule has 126 valence electrons. The van der Waals surface area contributed by atoms with Crippen LogP contribution in [0.15, 0.2) is 30.3 Å². The van der Waals surface area contributed by atoms with Crippen molar-refractivity contribution in [2.75, 3.05) is 11.9 Å². The monoisotopic (exact) mass is 367 g/mol. The van der Waals surface area contributed by atoms with Gasteiger partial charge in [-0.3, -0.25) is 4.79 Å². The molecule has 2 aromatic rings. The number of hydrogen-bond acceptors (Lipinski definition) is 3. The normalized spacial score (nSPS) is 10.3. The minimum absolute atomic E-state index is 0.151. The molecule has 0 aliphatic heterocycles. The Balaban J connectivity index is 2.26. The van der Waals surface area contributed by atoms with Crippen LogP contribution in [0.2, 0.25) is 10.0 Å². The van der Waals surface area contributed by atoms with Crippen LogP contribution in [0.3, 0.4) is 0 Å². The lowest BCUT2D eigenvalue weighted by atomic mass is 10.1. The first kappa shape index (κ1) is 18.1. The van der Waals surface area contributed by atoms with Crippen LogP contribution in [0.25, 0.3) is 0 Å². The fourth-order valence-electron chi connectivity index (χ4n) is 2.10. The lowest BCUT2D eigenvalue weighted by Crippen LogP contribution is -2.13. The van der Waals surface area contributed by atoms with Crippen LogP contribution in [0, 0.1) is 6.92 Å². The largest absolute Gasteiger partial charge is 0.491 e. The second kappa shape index (κ2) is 7.55. The summed E-state index contributed by atoms with van der Waals surface area (Å²) in [5, 5.41) is 12.2. The molecule has 0 aromatic heterocycles. The van der Waals surface area contributed by atoms with E-state index in [2.05, 4.69) is 5.32 Å². The van der Waals surface area contributed by atoms with Crippen LogP contribution in [0.5, 0.6) is 5.75 Å². The molecule has 0 saturated heterocycles. The fourth-order valence-corrected chi connectivity index (χ4v) is 2.70. The number of benzene rings is 2. The molecule has 0 heterocycles. The summed E-state index contributed by atoms with van der Waals surface area (Å²) in [7, 11) is 0. The Hall–Kier alpha value is -2.24. The molecule has 0 spiro atoms. The number of carboxylic acids is 1. The Morgan fingerprint density at radius 1 is 1.12 bits per heavy atom. The van der Waals surface area contributed by atoms with Crippen molar-refractivity contribution in [1.29, 1.82) is 0 Å². The summed E-state index contributed by atoms with van der Waals surface area (Å²) in [6.45, 7) is 3.91. The summed E-state index contributed by atoms with van der Waals surface area (Å²) in [6.07, 6.45) is 0. The first-order valence-corrected chi connectivity index (χ1v) is 7.86. The number of amides is 1. The number of carbonyl (C=O) groups is 2. The molecular formula is C17H15Cl2NO4. The van der Waals surface area contributed by atoms with Crippen LogP contribution < -0.4 is 10.1 Å². The number of aryl methyl sites for hydroxylation is 1. The van der Waals surface area contributed by atoms with Gasteiger partial charge in [0.1, 0.15) is 0 Å². The minimum atomic E-state index is -1.03. The topological polar surface area (TPSA) is 75.6 Å². The van der Waals surface area contributed by atoms with Gasteiger partial charge in [0.2, 0.25) is 0 Å². The van der Waals surface area contributed by atoms with Gasteiger partial charge in [0.25, 0.3) is 5.91 Å². The molecule has 2 aromatic carbocycles. The second-order valence-corrected chi connectivity index (χ2v) is 5.81. The maximum absolute atomic E-state index is 12.4. The number of carbonyl (C=O) groups excluding carboxylic acids is 1. The van der Waals surface area contributed by atoms with Crippen LogP contribution >= 0.6 is 23.2 Å². The highest BCUT2D eigenvalue weighted by Gasteiger charge is 2.15. The molecule has 24 heavy (non-hydrogen) atoms. The Morgan fingerprint density at radius 2 is 1.75 bits per heavy atom. The summed E-state index contributed by atoms with van der Waals surface area (Å²) in [4.78, 5) is 23.3. The molecule has 0 fully saturated rings. The third-order valence-electron chi connectivity index (χ3n) is 3.27. The van der Waals surface area contributed by atoms with E-state index in [9.17, 15) is 9.59 Å². The molecule has 0 saturated carbocycles. The van der Waals surface area contributed by atoms with Gasteiger partial charge in [-0.25, -0.2) is 4.79 Å². The van der Waals surface area contributed by atoms with Crippen LogP contribution in [-0.2, 0) is 0 Å². The Labute approximate surface area is 149 Å².